The molecule has 0 aliphatic carbocycles. The zero-order valence-electron chi connectivity index (χ0n) is 12.1. The molecule has 0 spiro atoms. The van der Waals surface area contributed by atoms with Crippen LogP contribution >= 0.6 is 0 Å². The lowest BCUT2D eigenvalue weighted by atomic mass is 9.77. The van der Waals surface area contributed by atoms with Crippen LogP contribution in [0.1, 0.15) is 32.3 Å². The number of esters is 1. The summed E-state index contributed by atoms with van der Waals surface area (Å²) < 4.78 is 18.5. The average molecular weight is 282 g/mol. The third-order valence-corrected chi connectivity index (χ3v) is 3.46. The van der Waals surface area contributed by atoms with Crippen LogP contribution in [0.5, 0.6) is 0 Å². The van der Waals surface area contributed by atoms with Gasteiger partial charge in [-0.3, -0.25) is 4.79 Å². The molecular formula is C15H23FN2O2. The molecule has 20 heavy (non-hydrogen) atoms. The van der Waals surface area contributed by atoms with Crippen LogP contribution in [0.3, 0.4) is 0 Å². The number of anilines is 1. The van der Waals surface area contributed by atoms with Crippen LogP contribution in [0.25, 0.3) is 0 Å². The molecule has 1 aromatic rings. The standard InChI is InChI=1S/C15H23FN2O2/c1-3-7-15(10-17,14(19)20-4-2)9-11-8-12(16)5-6-13(11)18/h5-6,8H,3-4,7,9-10,17-18H2,1-2H3. The van der Waals surface area contributed by atoms with Gasteiger partial charge in [-0.1, -0.05) is 13.3 Å². The monoisotopic (exact) mass is 282 g/mol. The van der Waals surface area contributed by atoms with Crippen LogP contribution in [0.15, 0.2) is 18.2 Å². The SMILES string of the molecule is CCCC(CN)(Cc1cc(F)ccc1N)C(=O)OCC. The largest absolute Gasteiger partial charge is 0.466 e. The number of nitrogen functional groups attached to an aromatic ring is 1. The quantitative estimate of drug-likeness (QED) is 0.594. The Hall–Kier alpha value is -1.62. The van der Waals surface area contributed by atoms with E-state index in [0.29, 0.717) is 30.7 Å². The predicted octanol–water partition coefficient (Wildman–Crippen LogP) is 2.26. The smallest absolute Gasteiger partial charge is 0.313 e. The fourth-order valence-electron chi connectivity index (χ4n) is 2.37. The molecule has 0 aliphatic heterocycles. The lowest BCUT2D eigenvalue weighted by Gasteiger charge is -2.30. The first-order valence-corrected chi connectivity index (χ1v) is 6.90. The molecule has 1 atom stereocenters. The van der Waals surface area contributed by atoms with Gasteiger partial charge in [0.2, 0.25) is 0 Å². The van der Waals surface area contributed by atoms with Crippen molar-refractivity contribution in [1.29, 1.82) is 0 Å². The van der Waals surface area contributed by atoms with E-state index in [1.807, 2.05) is 6.92 Å². The molecular weight excluding hydrogens is 259 g/mol. The van der Waals surface area contributed by atoms with E-state index in [4.69, 9.17) is 16.2 Å². The van der Waals surface area contributed by atoms with Crippen molar-refractivity contribution < 1.29 is 13.9 Å². The summed E-state index contributed by atoms with van der Waals surface area (Å²) in [5, 5.41) is 0. The van der Waals surface area contributed by atoms with Crippen molar-refractivity contribution in [3.63, 3.8) is 0 Å². The number of hydrogen-bond donors (Lipinski definition) is 2. The number of carbonyl (C=O) groups is 1. The van der Waals surface area contributed by atoms with E-state index < -0.39 is 5.41 Å². The minimum absolute atomic E-state index is 0.148. The summed E-state index contributed by atoms with van der Waals surface area (Å²) in [7, 11) is 0. The summed E-state index contributed by atoms with van der Waals surface area (Å²) in [6.07, 6.45) is 1.66. The van der Waals surface area contributed by atoms with Crippen LogP contribution in [0, 0.1) is 11.2 Å². The van der Waals surface area contributed by atoms with Crippen LogP contribution in [0.4, 0.5) is 10.1 Å². The second-order valence-corrected chi connectivity index (χ2v) is 4.97. The van der Waals surface area contributed by atoms with Gasteiger partial charge < -0.3 is 16.2 Å². The van der Waals surface area contributed by atoms with Crippen molar-refractivity contribution in [2.24, 2.45) is 11.1 Å². The molecule has 4 nitrogen and oxygen atoms in total. The maximum absolute atomic E-state index is 13.4. The number of nitrogens with two attached hydrogens (primary N) is 2. The van der Waals surface area contributed by atoms with Crippen molar-refractivity contribution in [2.75, 3.05) is 18.9 Å². The van der Waals surface area contributed by atoms with Gasteiger partial charge in [-0.05, 0) is 43.5 Å². The van der Waals surface area contributed by atoms with E-state index in [0.717, 1.165) is 6.42 Å². The number of ether oxygens (including phenoxy) is 1. The maximum atomic E-state index is 13.4. The van der Waals surface area contributed by atoms with Crippen molar-refractivity contribution in [1.82, 2.24) is 0 Å². The number of rotatable bonds is 7. The molecule has 0 bridgehead atoms. The summed E-state index contributed by atoms with van der Waals surface area (Å²) in [6.45, 7) is 4.17. The van der Waals surface area contributed by atoms with Gasteiger partial charge in [0.15, 0.2) is 0 Å². The molecule has 112 valence electrons. The van der Waals surface area contributed by atoms with Crippen molar-refractivity contribution in [3.05, 3.63) is 29.6 Å². The molecule has 0 heterocycles. The molecule has 4 N–H and O–H groups in total. The Morgan fingerprint density at radius 2 is 2.10 bits per heavy atom. The van der Waals surface area contributed by atoms with Gasteiger partial charge in [-0.25, -0.2) is 4.39 Å². The summed E-state index contributed by atoms with van der Waals surface area (Å²) in [5.41, 5.74) is 11.9. The van der Waals surface area contributed by atoms with E-state index in [1.54, 1.807) is 6.92 Å². The Morgan fingerprint density at radius 3 is 2.65 bits per heavy atom. The first-order valence-electron chi connectivity index (χ1n) is 6.90. The Labute approximate surface area is 119 Å². The first-order chi connectivity index (χ1) is 9.49. The molecule has 0 amide bonds. The molecule has 0 saturated heterocycles. The Morgan fingerprint density at radius 1 is 1.40 bits per heavy atom. The molecule has 1 aromatic carbocycles. The lowest BCUT2D eigenvalue weighted by molar-refractivity contribution is -0.155. The molecule has 0 saturated carbocycles. The van der Waals surface area contributed by atoms with Gasteiger partial charge in [-0.15, -0.1) is 0 Å². The van der Waals surface area contributed by atoms with Gasteiger partial charge in [0.05, 0.1) is 12.0 Å². The minimum atomic E-state index is -0.841. The normalized spacial score (nSPS) is 13.8. The van der Waals surface area contributed by atoms with Gasteiger partial charge in [0, 0.05) is 12.2 Å². The summed E-state index contributed by atoms with van der Waals surface area (Å²) in [5.74, 6) is -0.714. The molecule has 1 rings (SSSR count). The Balaban J connectivity index is 3.11. The topological polar surface area (TPSA) is 78.3 Å². The summed E-state index contributed by atoms with van der Waals surface area (Å²) >= 11 is 0. The zero-order valence-corrected chi connectivity index (χ0v) is 12.1. The molecule has 5 heteroatoms. The molecule has 0 aliphatic rings. The highest BCUT2D eigenvalue weighted by molar-refractivity contribution is 5.78. The molecule has 0 fully saturated rings. The summed E-state index contributed by atoms with van der Waals surface area (Å²) in [6, 6.07) is 4.16. The fraction of sp³-hybridized carbons (Fsp3) is 0.533. The second-order valence-electron chi connectivity index (χ2n) is 4.97. The average Bonchev–Trinajstić information content (AvgIpc) is 2.42. The van der Waals surface area contributed by atoms with Crippen LogP contribution in [-0.4, -0.2) is 19.1 Å². The van der Waals surface area contributed by atoms with Gasteiger partial charge in [0.1, 0.15) is 5.82 Å². The fourth-order valence-corrected chi connectivity index (χ4v) is 2.37. The Bertz CT molecular complexity index is 465. The van der Waals surface area contributed by atoms with Crippen LogP contribution < -0.4 is 11.5 Å². The number of benzene rings is 1. The molecule has 1 unspecified atom stereocenters. The molecule has 0 radical (unpaired) electrons. The molecule has 0 aromatic heterocycles. The van der Waals surface area contributed by atoms with Crippen LogP contribution in [-0.2, 0) is 16.0 Å². The predicted molar refractivity (Wildman–Crippen MR) is 77.5 cm³/mol. The Kier molecular flexibility index (Phi) is 5.95. The van der Waals surface area contributed by atoms with E-state index in [9.17, 15) is 9.18 Å². The summed E-state index contributed by atoms with van der Waals surface area (Å²) in [4.78, 5) is 12.2. The van der Waals surface area contributed by atoms with Gasteiger partial charge in [-0.2, -0.15) is 0 Å². The first kappa shape index (κ1) is 16.4. The third-order valence-electron chi connectivity index (χ3n) is 3.46. The number of carbonyl (C=O) groups excluding carboxylic acids is 1. The van der Waals surface area contributed by atoms with Crippen molar-refractivity contribution >= 4 is 11.7 Å². The van der Waals surface area contributed by atoms with E-state index in [-0.39, 0.29) is 18.3 Å². The third kappa shape index (κ3) is 3.70. The number of hydrogen-bond acceptors (Lipinski definition) is 4. The number of halogens is 1. The van der Waals surface area contributed by atoms with Crippen molar-refractivity contribution in [2.45, 2.75) is 33.1 Å². The minimum Gasteiger partial charge on any atom is -0.466 e. The maximum Gasteiger partial charge on any atom is 0.313 e. The highest BCUT2D eigenvalue weighted by Crippen LogP contribution is 2.32. The second kappa shape index (κ2) is 7.24. The highest BCUT2D eigenvalue weighted by Gasteiger charge is 2.38. The zero-order chi connectivity index (χ0) is 15.2. The van der Waals surface area contributed by atoms with Crippen LogP contribution in [0.2, 0.25) is 0 Å². The highest BCUT2D eigenvalue weighted by atomic mass is 19.1. The lowest BCUT2D eigenvalue weighted by Crippen LogP contribution is -2.42. The van der Waals surface area contributed by atoms with E-state index >= 15 is 0 Å². The van der Waals surface area contributed by atoms with Gasteiger partial charge in [0.25, 0.3) is 0 Å². The van der Waals surface area contributed by atoms with E-state index in [2.05, 4.69) is 0 Å². The van der Waals surface area contributed by atoms with Crippen molar-refractivity contribution in [3.8, 4) is 0 Å². The van der Waals surface area contributed by atoms with E-state index in [1.165, 1.54) is 18.2 Å². The van der Waals surface area contributed by atoms with Gasteiger partial charge >= 0.3 is 5.97 Å².